The summed E-state index contributed by atoms with van der Waals surface area (Å²) in [6.45, 7) is 7.17. The van der Waals surface area contributed by atoms with E-state index in [9.17, 15) is 14.4 Å². The second-order valence-electron chi connectivity index (χ2n) is 8.21. The predicted octanol–water partition coefficient (Wildman–Crippen LogP) is 3.28. The van der Waals surface area contributed by atoms with Gasteiger partial charge in [-0.15, -0.1) is 0 Å². The average molecular weight is 398 g/mol. The molecule has 2 amide bonds. The Morgan fingerprint density at radius 1 is 1.31 bits per heavy atom. The Labute approximate surface area is 170 Å². The highest BCUT2D eigenvalue weighted by Gasteiger charge is 2.61. The molecule has 1 aliphatic carbocycles. The summed E-state index contributed by atoms with van der Waals surface area (Å²) in [5.41, 5.74) is 1.98. The van der Waals surface area contributed by atoms with E-state index in [2.05, 4.69) is 6.58 Å². The summed E-state index contributed by atoms with van der Waals surface area (Å²) >= 11 is 0. The Morgan fingerprint density at radius 3 is 2.76 bits per heavy atom. The van der Waals surface area contributed by atoms with Gasteiger partial charge in [0.15, 0.2) is 0 Å². The summed E-state index contributed by atoms with van der Waals surface area (Å²) in [4.78, 5) is 38.9. The molecule has 3 aliphatic rings. The molecule has 0 N–H and O–H groups in total. The van der Waals surface area contributed by atoms with Crippen LogP contribution in [-0.2, 0) is 19.7 Å². The van der Waals surface area contributed by atoms with Crippen molar-refractivity contribution >= 4 is 23.7 Å². The largest absolute Gasteiger partial charge is 0.445 e. The number of carbonyl (C=O) groups excluding carboxylic acids is 3. The Morgan fingerprint density at radius 2 is 2.07 bits per heavy atom. The first-order valence-corrected chi connectivity index (χ1v) is 10.0. The van der Waals surface area contributed by atoms with Crippen LogP contribution in [0, 0.1) is 5.92 Å². The summed E-state index contributed by atoms with van der Waals surface area (Å²) in [6, 6.07) is 7.97. The van der Waals surface area contributed by atoms with Crippen LogP contribution in [-0.4, -0.2) is 55.2 Å². The number of piperidine rings is 1. The number of amides is 2. The lowest BCUT2D eigenvalue weighted by molar-refractivity contribution is -0.117. The SMILES string of the molecule is C=CCOC(=O)N1CC2CC2(c2ccc(N3C[C@H](CCC(C)=O)OC3=O)cc2)C1. The van der Waals surface area contributed by atoms with Crippen molar-refractivity contribution in [1.82, 2.24) is 4.90 Å². The van der Waals surface area contributed by atoms with Crippen LogP contribution in [0.3, 0.4) is 0 Å². The zero-order valence-corrected chi connectivity index (χ0v) is 16.6. The number of cyclic esters (lactones) is 1. The summed E-state index contributed by atoms with van der Waals surface area (Å²) in [6.07, 6.45) is 2.70. The molecule has 2 aliphatic heterocycles. The third kappa shape index (κ3) is 3.73. The van der Waals surface area contributed by atoms with Gasteiger partial charge in [-0.3, -0.25) is 4.90 Å². The average Bonchev–Trinajstić information content (AvgIpc) is 3.07. The Hall–Kier alpha value is -2.83. The fourth-order valence-corrected chi connectivity index (χ4v) is 4.51. The van der Waals surface area contributed by atoms with Gasteiger partial charge in [0.25, 0.3) is 0 Å². The number of nitrogens with zero attached hydrogens (tertiary/aromatic N) is 2. The number of benzene rings is 1. The number of rotatable bonds is 7. The van der Waals surface area contributed by atoms with Crippen molar-refractivity contribution in [2.45, 2.75) is 37.7 Å². The lowest BCUT2D eigenvalue weighted by Crippen LogP contribution is -2.33. The molecule has 29 heavy (non-hydrogen) atoms. The highest BCUT2D eigenvalue weighted by molar-refractivity contribution is 5.89. The normalized spacial score (nSPS) is 27.4. The summed E-state index contributed by atoms with van der Waals surface area (Å²) in [5, 5.41) is 0. The van der Waals surface area contributed by atoms with Crippen molar-refractivity contribution in [1.29, 1.82) is 0 Å². The summed E-state index contributed by atoms with van der Waals surface area (Å²) in [7, 11) is 0. The molecular weight excluding hydrogens is 372 g/mol. The molecule has 1 aromatic carbocycles. The van der Waals surface area contributed by atoms with Gasteiger partial charge in [-0.2, -0.15) is 0 Å². The quantitative estimate of drug-likeness (QED) is 0.659. The molecule has 3 fully saturated rings. The van der Waals surface area contributed by atoms with Crippen LogP contribution in [0.5, 0.6) is 0 Å². The highest BCUT2D eigenvalue weighted by atomic mass is 16.6. The maximum Gasteiger partial charge on any atom is 0.414 e. The molecule has 2 unspecified atom stereocenters. The van der Waals surface area contributed by atoms with E-state index in [-0.39, 0.29) is 36.1 Å². The molecule has 3 atom stereocenters. The first kappa shape index (κ1) is 19.5. The Balaban J connectivity index is 1.39. The first-order chi connectivity index (χ1) is 13.9. The van der Waals surface area contributed by atoms with E-state index in [1.54, 1.807) is 22.8 Å². The fourth-order valence-electron chi connectivity index (χ4n) is 4.51. The van der Waals surface area contributed by atoms with Crippen LogP contribution < -0.4 is 4.90 Å². The molecule has 7 nitrogen and oxygen atoms in total. The van der Waals surface area contributed by atoms with Crippen molar-refractivity contribution in [3.63, 3.8) is 0 Å². The Bertz CT molecular complexity index is 836. The third-order valence-electron chi connectivity index (χ3n) is 6.17. The number of fused-ring (bicyclic) bond motifs is 1. The van der Waals surface area contributed by atoms with Gasteiger partial charge >= 0.3 is 12.2 Å². The fraction of sp³-hybridized carbons (Fsp3) is 0.500. The van der Waals surface area contributed by atoms with Gasteiger partial charge in [0, 0.05) is 30.6 Å². The number of Topliss-reactive ketones (excluding diaryl/α,β-unsaturated/α-hetero) is 1. The van der Waals surface area contributed by atoms with Crippen molar-refractivity contribution in [2.75, 3.05) is 31.1 Å². The predicted molar refractivity (Wildman–Crippen MR) is 107 cm³/mol. The van der Waals surface area contributed by atoms with Gasteiger partial charge in [-0.05, 0) is 43.4 Å². The van der Waals surface area contributed by atoms with E-state index in [0.29, 0.717) is 38.4 Å². The topological polar surface area (TPSA) is 76.2 Å². The molecule has 0 aromatic heterocycles. The highest BCUT2D eigenvalue weighted by Crippen LogP contribution is 2.59. The maximum absolute atomic E-state index is 12.2. The van der Waals surface area contributed by atoms with Gasteiger partial charge in [0.2, 0.25) is 0 Å². The molecule has 0 radical (unpaired) electrons. The van der Waals surface area contributed by atoms with E-state index >= 15 is 0 Å². The second kappa shape index (κ2) is 7.54. The number of ketones is 1. The summed E-state index contributed by atoms with van der Waals surface area (Å²) in [5.74, 6) is 0.554. The number of hydrogen-bond acceptors (Lipinski definition) is 5. The van der Waals surface area contributed by atoms with Crippen LogP contribution >= 0.6 is 0 Å². The minimum atomic E-state index is -0.370. The van der Waals surface area contributed by atoms with Crippen LogP contribution in [0.15, 0.2) is 36.9 Å². The molecule has 1 saturated carbocycles. The van der Waals surface area contributed by atoms with Gasteiger partial charge in [0.1, 0.15) is 18.5 Å². The van der Waals surface area contributed by atoms with E-state index in [4.69, 9.17) is 9.47 Å². The number of carbonyl (C=O) groups is 3. The molecule has 2 heterocycles. The maximum atomic E-state index is 12.2. The van der Waals surface area contributed by atoms with Crippen LogP contribution in [0.2, 0.25) is 0 Å². The summed E-state index contributed by atoms with van der Waals surface area (Å²) < 4.78 is 10.5. The van der Waals surface area contributed by atoms with E-state index in [1.807, 2.05) is 24.3 Å². The number of ether oxygens (including phenoxy) is 2. The molecule has 0 bridgehead atoms. The van der Waals surface area contributed by atoms with Crippen LogP contribution in [0.1, 0.15) is 31.7 Å². The number of anilines is 1. The van der Waals surface area contributed by atoms with E-state index in [1.165, 1.54) is 5.56 Å². The van der Waals surface area contributed by atoms with Crippen molar-refractivity contribution in [3.05, 3.63) is 42.5 Å². The third-order valence-corrected chi connectivity index (χ3v) is 6.17. The first-order valence-electron chi connectivity index (χ1n) is 10.0. The molecule has 4 rings (SSSR count). The molecule has 7 heteroatoms. The lowest BCUT2D eigenvalue weighted by atomic mass is 9.95. The van der Waals surface area contributed by atoms with Crippen molar-refractivity contribution in [2.24, 2.45) is 5.92 Å². The smallest absolute Gasteiger partial charge is 0.414 e. The van der Waals surface area contributed by atoms with Gasteiger partial charge < -0.3 is 19.2 Å². The van der Waals surface area contributed by atoms with E-state index in [0.717, 1.165) is 12.1 Å². The second-order valence-corrected chi connectivity index (χ2v) is 8.21. The Kier molecular flexibility index (Phi) is 5.06. The number of likely N-dealkylation sites (tertiary alicyclic amines) is 1. The lowest BCUT2D eigenvalue weighted by Gasteiger charge is -2.21. The van der Waals surface area contributed by atoms with Gasteiger partial charge in [0.05, 0.1) is 6.54 Å². The molecular formula is C22H26N2O5. The van der Waals surface area contributed by atoms with Crippen LogP contribution in [0.4, 0.5) is 15.3 Å². The molecule has 0 spiro atoms. The molecule has 2 saturated heterocycles. The molecule has 154 valence electrons. The monoisotopic (exact) mass is 398 g/mol. The zero-order chi connectivity index (χ0) is 20.6. The molecule has 1 aromatic rings. The van der Waals surface area contributed by atoms with E-state index < -0.39 is 0 Å². The van der Waals surface area contributed by atoms with Crippen molar-refractivity contribution in [3.8, 4) is 0 Å². The zero-order valence-electron chi connectivity index (χ0n) is 16.6. The number of hydrogen-bond donors (Lipinski definition) is 0. The van der Waals surface area contributed by atoms with Gasteiger partial charge in [-0.1, -0.05) is 24.8 Å². The van der Waals surface area contributed by atoms with Crippen LogP contribution in [0.25, 0.3) is 0 Å². The minimum Gasteiger partial charge on any atom is -0.445 e. The standard InChI is InChI=1S/C22H26N2O5/c1-3-10-28-20(26)23-12-17-11-22(17,14-23)16-5-7-18(8-6-16)24-13-19(29-21(24)27)9-4-15(2)25/h3,5-8,17,19H,1,4,9-14H2,2H3/t17?,19-,22?/m0/s1. The van der Waals surface area contributed by atoms with Crippen molar-refractivity contribution < 1.29 is 23.9 Å². The minimum absolute atomic E-state index is 0.00126. The van der Waals surface area contributed by atoms with Gasteiger partial charge in [-0.25, -0.2) is 9.59 Å².